The Bertz CT molecular complexity index is 419. The van der Waals surface area contributed by atoms with Gasteiger partial charge in [-0.2, -0.15) is 0 Å². The Morgan fingerprint density at radius 1 is 1.44 bits per heavy atom. The lowest BCUT2D eigenvalue weighted by Crippen LogP contribution is -2.19. The maximum absolute atomic E-state index is 11.6. The lowest BCUT2D eigenvalue weighted by molar-refractivity contribution is -0.142. The Kier molecular flexibility index (Phi) is 5.64. The van der Waals surface area contributed by atoms with Crippen LogP contribution in [0.25, 0.3) is 0 Å². The molecule has 1 atom stereocenters. The van der Waals surface area contributed by atoms with Crippen molar-refractivity contribution >= 4 is 23.7 Å². The van der Waals surface area contributed by atoms with Crippen LogP contribution in [0.15, 0.2) is 23.4 Å². The fourth-order valence-electron chi connectivity index (χ4n) is 1.26. The number of carbonyl (C=O) groups excluding carboxylic acids is 1. The molecule has 0 saturated heterocycles. The lowest BCUT2D eigenvalue weighted by Gasteiger charge is -2.12. The predicted octanol–water partition coefficient (Wildman–Crippen LogP) is 2.21. The van der Waals surface area contributed by atoms with E-state index in [9.17, 15) is 9.59 Å². The maximum Gasteiger partial charge on any atom is 0.337 e. The van der Waals surface area contributed by atoms with Crippen molar-refractivity contribution in [3.8, 4) is 0 Å². The molecule has 98 valence electrons. The van der Waals surface area contributed by atoms with Crippen molar-refractivity contribution in [2.24, 2.45) is 0 Å². The first-order valence-corrected chi connectivity index (χ1v) is 6.49. The minimum atomic E-state index is -1.02. The molecule has 0 aliphatic carbocycles. The van der Waals surface area contributed by atoms with Crippen molar-refractivity contribution in [1.29, 1.82) is 0 Å². The second kappa shape index (κ2) is 7.00. The van der Waals surface area contributed by atoms with Crippen LogP contribution >= 0.6 is 11.8 Å². The fourth-order valence-corrected chi connectivity index (χ4v) is 2.14. The summed E-state index contributed by atoms with van der Waals surface area (Å²) in [6, 6.07) is 3.06. The van der Waals surface area contributed by atoms with Gasteiger partial charge in [0.2, 0.25) is 0 Å². The Morgan fingerprint density at radius 2 is 2.17 bits per heavy atom. The number of nitrogens with zero attached hydrogens (tertiary/aromatic N) is 1. The number of aromatic nitrogens is 1. The van der Waals surface area contributed by atoms with Crippen LogP contribution in [0.3, 0.4) is 0 Å². The van der Waals surface area contributed by atoms with Crippen LogP contribution in [0.5, 0.6) is 0 Å². The van der Waals surface area contributed by atoms with E-state index in [0.717, 1.165) is 0 Å². The van der Waals surface area contributed by atoms with Crippen LogP contribution in [0.1, 0.15) is 30.6 Å². The van der Waals surface area contributed by atoms with E-state index in [4.69, 9.17) is 9.84 Å². The highest BCUT2D eigenvalue weighted by atomic mass is 32.2. The zero-order valence-electron chi connectivity index (χ0n) is 10.3. The minimum absolute atomic E-state index is 0.128. The Balaban J connectivity index is 2.70. The van der Waals surface area contributed by atoms with Gasteiger partial charge in [0.05, 0.1) is 17.2 Å². The largest absolute Gasteiger partial charge is 0.478 e. The first-order valence-electron chi connectivity index (χ1n) is 5.61. The highest BCUT2D eigenvalue weighted by Crippen LogP contribution is 2.24. The van der Waals surface area contributed by atoms with Gasteiger partial charge < -0.3 is 9.84 Å². The van der Waals surface area contributed by atoms with E-state index in [-0.39, 0.29) is 16.8 Å². The van der Waals surface area contributed by atoms with Gasteiger partial charge in [-0.05, 0) is 25.5 Å². The Labute approximate surface area is 110 Å². The van der Waals surface area contributed by atoms with Gasteiger partial charge in [0.25, 0.3) is 0 Å². The van der Waals surface area contributed by atoms with E-state index in [1.807, 2.05) is 6.92 Å². The van der Waals surface area contributed by atoms with Crippen LogP contribution < -0.4 is 0 Å². The third-order valence-corrected chi connectivity index (χ3v) is 3.46. The first-order chi connectivity index (χ1) is 8.58. The molecule has 0 aliphatic heterocycles. The molecule has 5 nitrogen and oxygen atoms in total. The topological polar surface area (TPSA) is 76.5 Å². The lowest BCUT2D eigenvalue weighted by atomic mass is 10.3. The van der Waals surface area contributed by atoms with E-state index in [1.165, 1.54) is 24.0 Å². The number of carbonyl (C=O) groups is 2. The smallest absolute Gasteiger partial charge is 0.337 e. The Morgan fingerprint density at radius 3 is 2.61 bits per heavy atom. The summed E-state index contributed by atoms with van der Waals surface area (Å²) in [5.41, 5.74) is 0.128. The van der Waals surface area contributed by atoms with E-state index in [1.54, 1.807) is 13.0 Å². The van der Waals surface area contributed by atoms with Gasteiger partial charge in [-0.3, -0.25) is 4.79 Å². The van der Waals surface area contributed by atoms with Crippen molar-refractivity contribution < 1.29 is 19.4 Å². The number of esters is 1. The normalized spacial score (nSPS) is 11.9. The number of hydrogen-bond acceptors (Lipinski definition) is 5. The van der Waals surface area contributed by atoms with E-state index >= 15 is 0 Å². The molecule has 1 N–H and O–H groups in total. The second-order valence-corrected chi connectivity index (χ2v) is 4.68. The third-order valence-electron chi connectivity index (χ3n) is 2.17. The monoisotopic (exact) mass is 269 g/mol. The Hall–Kier alpha value is -1.56. The van der Waals surface area contributed by atoms with Crippen molar-refractivity contribution in [3.63, 3.8) is 0 Å². The third kappa shape index (κ3) is 4.03. The van der Waals surface area contributed by atoms with Gasteiger partial charge in [-0.15, -0.1) is 0 Å². The summed E-state index contributed by atoms with van der Waals surface area (Å²) >= 11 is 1.28. The van der Waals surface area contributed by atoms with Crippen LogP contribution in [-0.2, 0) is 9.53 Å². The van der Waals surface area contributed by atoms with Gasteiger partial charge in [0.1, 0.15) is 5.25 Å². The molecule has 1 rings (SSSR count). The summed E-state index contributed by atoms with van der Waals surface area (Å²) in [5, 5.41) is 9.04. The van der Waals surface area contributed by atoms with Gasteiger partial charge in [-0.1, -0.05) is 18.7 Å². The molecule has 1 aromatic heterocycles. The standard InChI is InChI=1S/C12H15NO4S/c1-3-9(12(16)17-4-2)18-10-6-5-8(7-13-10)11(14)15/h5-7,9H,3-4H2,1-2H3,(H,14,15). The zero-order chi connectivity index (χ0) is 13.5. The summed E-state index contributed by atoms with van der Waals surface area (Å²) in [4.78, 5) is 26.3. The average molecular weight is 269 g/mol. The molecule has 0 saturated carbocycles. The number of ether oxygens (including phenoxy) is 1. The van der Waals surface area contributed by atoms with Crippen molar-refractivity contribution in [3.05, 3.63) is 23.9 Å². The maximum atomic E-state index is 11.6. The van der Waals surface area contributed by atoms with Crippen LogP contribution in [-0.4, -0.2) is 33.9 Å². The van der Waals surface area contributed by atoms with Gasteiger partial charge in [0, 0.05) is 6.20 Å². The molecular formula is C12H15NO4S. The molecule has 0 spiro atoms. The number of hydrogen-bond donors (Lipinski definition) is 1. The number of carboxylic acids is 1. The number of rotatable bonds is 6. The van der Waals surface area contributed by atoms with Gasteiger partial charge >= 0.3 is 11.9 Å². The number of thioether (sulfide) groups is 1. The molecule has 1 aromatic rings. The zero-order valence-corrected chi connectivity index (χ0v) is 11.1. The van der Waals surface area contributed by atoms with E-state index < -0.39 is 5.97 Å². The van der Waals surface area contributed by atoms with E-state index in [2.05, 4.69) is 4.98 Å². The first kappa shape index (κ1) is 14.5. The van der Waals surface area contributed by atoms with Crippen molar-refractivity contribution in [2.45, 2.75) is 30.5 Å². The fraction of sp³-hybridized carbons (Fsp3) is 0.417. The van der Waals surface area contributed by atoms with Crippen molar-refractivity contribution in [1.82, 2.24) is 4.98 Å². The molecule has 0 aromatic carbocycles. The summed E-state index contributed by atoms with van der Waals surface area (Å²) < 4.78 is 4.95. The SMILES string of the molecule is CCOC(=O)C(CC)Sc1ccc(C(=O)O)cn1. The summed E-state index contributed by atoms with van der Waals surface area (Å²) in [5.74, 6) is -1.29. The van der Waals surface area contributed by atoms with Gasteiger partial charge in [0.15, 0.2) is 0 Å². The van der Waals surface area contributed by atoms with Crippen LogP contribution in [0.4, 0.5) is 0 Å². The van der Waals surface area contributed by atoms with Crippen molar-refractivity contribution in [2.75, 3.05) is 6.61 Å². The number of pyridine rings is 1. The molecule has 18 heavy (non-hydrogen) atoms. The molecular weight excluding hydrogens is 254 g/mol. The highest BCUT2D eigenvalue weighted by molar-refractivity contribution is 8.00. The minimum Gasteiger partial charge on any atom is -0.478 e. The number of carboxylic acid groups (broad SMARTS) is 1. The quantitative estimate of drug-likeness (QED) is 0.630. The van der Waals surface area contributed by atoms with E-state index in [0.29, 0.717) is 18.1 Å². The summed E-state index contributed by atoms with van der Waals surface area (Å²) in [6.07, 6.45) is 1.91. The number of aromatic carboxylic acids is 1. The summed E-state index contributed by atoms with van der Waals surface area (Å²) in [7, 11) is 0. The molecule has 0 amide bonds. The second-order valence-electron chi connectivity index (χ2n) is 3.46. The predicted molar refractivity (Wildman–Crippen MR) is 67.8 cm³/mol. The molecule has 0 bridgehead atoms. The molecule has 0 fully saturated rings. The average Bonchev–Trinajstić information content (AvgIpc) is 2.36. The molecule has 1 heterocycles. The van der Waals surface area contributed by atoms with Gasteiger partial charge in [-0.25, -0.2) is 9.78 Å². The summed E-state index contributed by atoms with van der Waals surface area (Å²) in [6.45, 7) is 4.00. The highest BCUT2D eigenvalue weighted by Gasteiger charge is 2.19. The van der Waals surface area contributed by atoms with Crippen LogP contribution in [0.2, 0.25) is 0 Å². The van der Waals surface area contributed by atoms with Crippen LogP contribution in [0, 0.1) is 0 Å². The molecule has 1 unspecified atom stereocenters. The molecule has 0 aliphatic rings. The molecule has 0 radical (unpaired) electrons. The molecule has 6 heteroatoms.